The van der Waals surface area contributed by atoms with Crippen LogP contribution in [0.4, 0.5) is 0 Å². The van der Waals surface area contributed by atoms with Gasteiger partial charge >= 0.3 is 0 Å². The first-order valence-electron chi connectivity index (χ1n) is 11.0. The van der Waals surface area contributed by atoms with E-state index in [1.807, 2.05) is 0 Å². The molecule has 0 saturated carbocycles. The molecule has 0 amide bonds. The normalized spacial score (nSPS) is 12.4. The minimum atomic E-state index is -2.40. The number of allylic oxidation sites excluding steroid dienone is 1. The van der Waals surface area contributed by atoms with E-state index >= 15 is 0 Å². The van der Waals surface area contributed by atoms with Gasteiger partial charge in [0, 0.05) is 6.61 Å². The molecule has 30 heavy (non-hydrogen) atoms. The first-order valence-corrected chi connectivity index (χ1v) is 12.9. The molecule has 156 valence electrons. The molecule has 0 radical (unpaired) electrons. The predicted molar refractivity (Wildman–Crippen MR) is 132 cm³/mol. The molecule has 0 aliphatic heterocycles. The van der Waals surface area contributed by atoms with E-state index in [2.05, 4.69) is 124 Å². The summed E-state index contributed by atoms with van der Waals surface area (Å²) in [6, 6.07) is 32.4. The number of aryl methyl sites for hydroxylation is 1. The molecule has 2 heteroatoms. The maximum absolute atomic E-state index is 6.92. The van der Waals surface area contributed by atoms with Gasteiger partial charge in [-0.05, 0) is 40.2 Å². The van der Waals surface area contributed by atoms with E-state index in [1.165, 1.54) is 15.9 Å². The SMILES string of the molecule is CC(C)(C)[Si](OCC/C=C/CCc1ccccc1)(c1ccccc1)c1ccccc1. The molecule has 0 fully saturated rings. The average molecular weight is 415 g/mol. The molecule has 0 bridgehead atoms. The van der Waals surface area contributed by atoms with Crippen LogP contribution in [0.1, 0.15) is 39.2 Å². The van der Waals surface area contributed by atoms with Gasteiger partial charge in [-0.2, -0.15) is 0 Å². The number of hydrogen-bond acceptors (Lipinski definition) is 1. The number of hydrogen-bond donors (Lipinski definition) is 0. The third kappa shape index (κ3) is 5.38. The molecule has 3 aromatic carbocycles. The highest BCUT2D eigenvalue weighted by atomic mass is 28.4. The highest BCUT2D eigenvalue weighted by Gasteiger charge is 2.49. The van der Waals surface area contributed by atoms with Crippen LogP contribution in [0.15, 0.2) is 103 Å². The lowest BCUT2D eigenvalue weighted by molar-refractivity contribution is 0.304. The summed E-state index contributed by atoms with van der Waals surface area (Å²) in [5.74, 6) is 0. The minimum Gasteiger partial charge on any atom is -0.407 e. The molecule has 0 aliphatic carbocycles. The van der Waals surface area contributed by atoms with Crippen molar-refractivity contribution in [3.63, 3.8) is 0 Å². The molecule has 0 saturated heterocycles. The van der Waals surface area contributed by atoms with Crippen LogP contribution in [0.25, 0.3) is 0 Å². The highest BCUT2D eigenvalue weighted by Crippen LogP contribution is 2.36. The van der Waals surface area contributed by atoms with Gasteiger partial charge in [-0.15, -0.1) is 0 Å². The van der Waals surface area contributed by atoms with Gasteiger partial charge in [0.15, 0.2) is 0 Å². The molecule has 0 spiro atoms. The molecule has 0 atom stereocenters. The summed E-state index contributed by atoms with van der Waals surface area (Å²) in [6.45, 7) is 7.73. The summed E-state index contributed by atoms with van der Waals surface area (Å²) >= 11 is 0. The van der Waals surface area contributed by atoms with Crippen molar-refractivity contribution in [1.29, 1.82) is 0 Å². The second-order valence-corrected chi connectivity index (χ2v) is 13.1. The molecule has 0 unspecified atom stereocenters. The molecular weight excluding hydrogens is 380 g/mol. The molecular formula is C28H34OSi. The molecule has 0 N–H and O–H groups in total. The van der Waals surface area contributed by atoms with Crippen LogP contribution < -0.4 is 10.4 Å². The first-order chi connectivity index (χ1) is 14.5. The van der Waals surface area contributed by atoms with E-state index in [0.717, 1.165) is 25.9 Å². The van der Waals surface area contributed by atoms with E-state index in [-0.39, 0.29) is 5.04 Å². The van der Waals surface area contributed by atoms with Crippen molar-refractivity contribution in [2.24, 2.45) is 0 Å². The summed E-state index contributed by atoms with van der Waals surface area (Å²) in [6.07, 6.45) is 7.68. The summed E-state index contributed by atoms with van der Waals surface area (Å²) in [7, 11) is -2.40. The van der Waals surface area contributed by atoms with E-state index in [4.69, 9.17) is 4.43 Å². The van der Waals surface area contributed by atoms with Crippen molar-refractivity contribution in [3.8, 4) is 0 Å². The summed E-state index contributed by atoms with van der Waals surface area (Å²) in [5.41, 5.74) is 1.39. The van der Waals surface area contributed by atoms with E-state index in [0.29, 0.717) is 0 Å². The average Bonchev–Trinajstić information content (AvgIpc) is 2.77. The zero-order valence-corrected chi connectivity index (χ0v) is 19.6. The Bertz CT molecular complexity index is 856. The number of rotatable bonds is 9. The molecule has 0 aliphatic rings. The van der Waals surface area contributed by atoms with Gasteiger partial charge in [0.25, 0.3) is 8.32 Å². The first kappa shape index (κ1) is 22.3. The summed E-state index contributed by atoms with van der Waals surface area (Å²) in [4.78, 5) is 0. The van der Waals surface area contributed by atoms with Crippen LogP contribution in [0.2, 0.25) is 5.04 Å². The third-order valence-electron chi connectivity index (χ3n) is 5.63. The highest BCUT2D eigenvalue weighted by molar-refractivity contribution is 6.99. The lowest BCUT2D eigenvalue weighted by Crippen LogP contribution is -2.66. The maximum Gasteiger partial charge on any atom is 0.261 e. The van der Waals surface area contributed by atoms with Gasteiger partial charge in [0.05, 0.1) is 0 Å². The quantitative estimate of drug-likeness (QED) is 0.232. The molecule has 1 nitrogen and oxygen atoms in total. The molecule has 3 aromatic rings. The zero-order valence-electron chi connectivity index (χ0n) is 18.6. The Balaban J connectivity index is 1.71. The molecule has 3 rings (SSSR count). The van der Waals surface area contributed by atoms with Crippen LogP contribution in [-0.2, 0) is 10.8 Å². The predicted octanol–water partition coefficient (Wildman–Crippen LogP) is 6.14. The minimum absolute atomic E-state index is 0.0345. The standard InChI is InChI=1S/C28H34OSi/c1-28(2,3)30(26-20-12-7-13-21-26,27-22-14-8-15-23-27)29-24-16-5-4-9-17-25-18-10-6-11-19-25/h4-8,10-15,18-23H,9,16-17,24H2,1-3H3/b5-4+. The lowest BCUT2D eigenvalue weighted by atomic mass is 10.1. The molecule has 0 aromatic heterocycles. The fourth-order valence-electron chi connectivity index (χ4n) is 4.17. The van der Waals surface area contributed by atoms with Gasteiger partial charge < -0.3 is 4.43 Å². The topological polar surface area (TPSA) is 9.23 Å². The van der Waals surface area contributed by atoms with Gasteiger partial charge in [0.2, 0.25) is 0 Å². The van der Waals surface area contributed by atoms with Gasteiger partial charge in [-0.3, -0.25) is 0 Å². The maximum atomic E-state index is 6.92. The Morgan fingerprint density at radius 1 is 0.667 bits per heavy atom. The summed E-state index contributed by atoms with van der Waals surface area (Å²) < 4.78 is 6.92. The van der Waals surface area contributed by atoms with Crippen LogP contribution in [0, 0.1) is 0 Å². The van der Waals surface area contributed by atoms with Crippen LogP contribution >= 0.6 is 0 Å². The van der Waals surface area contributed by atoms with Crippen LogP contribution in [0.3, 0.4) is 0 Å². The third-order valence-corrected chi connectivity index (χ3v) is 10.7. The summed E-state index contributed by atoms with van der Waals surface area (Å²) in [5, 5.41) is 2.72. The van der Waals surface area contributed by atoms with Crippen LogP contribution in [-0.4, -0.2) is 14.9 Å². The monoisotopic (exact) mass is 414 g/mol. The second-order valence-electron chi connectivity index (χ2n) is 8.80. The van der Waals surface area contributed by atoms with Crippen molar-refractivity contribution in [3.05, 3.63) is 109 Å². The smallest absolute Gasteiger partial charge is 0.261 e. The fraction of sp³-hybridized carbons (Fsp3) is 0.286. The Morgan fingerprint density at radius 2 is 1.13 bits per heavy atom. The fourth-order valence-corrected chi connectivity index (χ4v) is 8.75. The zero-order chi connectivity index (χ0) is 21.3. The van der Waals surface area contributed by atoms with E-state index in [9.17, 15) is 0 Å². The van der Waals surface area contributed by atoms with Crippen molar-refractivity contribution in [1.82, 2.24) is 0 Å². The lowest BCUT2D eigenvalue weighted by Gasteiger charge is -2.43. The van der Waals surface area contributed by atoms with Crippen molar-refractivity contribution >= 4 is 18.7 Å². The van der Waals surface area contributed by atoms with Gasteiger partial charge in [-0.25, -0.2) is 0 Å². The van der Waals surface area contributed by atoms with Gasteiger partial charge in [0.1, 0.15) is 0 Å². The Hall–Kier alpha value is -2.42. The van der Waals surface area contributed by atoms with Crippen molar-refractivity contribution in [2.45, 2.75) is 45.1 Å². The Morgan fingerprint density at radius 3 is 1.63 bits per heavy atom. The molecule has 0 heterocycles. The number of benzene rings is 3. The van der Waals surface area contributed by atoms with Crippen molar-refractivity contribution < 1.29 is 4.43 Å². The van der Waals surface area contributed by atoms with Gasteiger partial charge in [-0.1, -0.05) is 124 Å². The largest absolute Gasteiger partial charge is 0.407 e. The second kappa shape index (κ2) is 10.6. The van der Waals surface area contributed by atoms with Crippen LogP contribution in [0.5, 0.6) is 0 Å². The Kier molecular flexibility index (Phi) is 7.84. The van der Waals surface area contributed by atoms with Crippen molar-refractivity contribution in [2.75, 3.05) is 6.61 Å². The Labute approximate surface area is 183 Å². The van der Waals surface area contributed by atoms with E-state index < -0.39 is 8.32 Å². The van der Waals surface area contributed by atoms with E-state index in [1.54, 1.807) is 0 Å².